The van der Waals surface area contributed by atoms with Crippen molar-refractivity contribution >= 4 is 11.8 Å². The van der Waals surface area contributed by atoms with Gasteiger partial charge in [0, 0.05) is 7.11 Å². The van der Waals surface area contributed by atoms with E-state index in [0.717, 1.165) is 19.3 Å². The molecule has 120 valence electrons. The second-order valence-corrected chi connectivity index (χ2v) is 7.04. The lowest BCUT2D eigenvalue weighted by atomic mass is 9.78. The van der Waals surface area contributed by atoms with Crippen molar-refractivity contribution in [2.45, 2.75) is 70.6 Å². The summed E-state index contributed by atoms with van der Waals surface area (Å²) >= 11 is 0. The monoisotopic (exact) mass is 296 g/mol. The average Bonchev–Trinajstić information content (AvgIpc) is 2.38. The van der Waals surface area contributed by atoms with E-state index in [2.05, 4.69) is 5.32 Å². The van der Waals surface area contributed by atoms with Crippen LogP contribution in [0.25, 0.3) is 0 Å². The molecular weight excluding hydrogens is 268 g/mol. The predicted molar refractivity (Wildman–Crippen MR) is 80.8 cm³/mol. The van der Waals surface area contributed by atoms with Gasteiger partial charge < -0.3 is 15.0 Å². The van der Waals surface area contributed by atoms with Gasteiger partial charge in [0.25, 0.3) is 0 Å². The van der Waals surface area contributed by atoms with Crippen LogP contribution in [-0.2, 0) is 14.3 Å². The SMILES string of the molecule is CCC1(C)NC(=O)C(C(C)C)N(CC2(OC)CCC2)C1=O. The molecule has 2 amide bonds. The van der Waals surface area contributed by atoms with E-state index in [1.54, 1.807) is 12.0 Å². The summed E-state index contributed by atoms with van der Waals surface area (Å²) in [5.74, 6) is 0.0653. The number of methoxy groups -OCH3 is 1. The van der Waals surface area contributed by atoms with Crippen molar-refractivity contribution in [3.8, 4) is 0 Å². The normalized spacial score (nSPS) is 32.1. The number of piperazine rings is 1. The van der Waals surface area contributed by atoms with Gasteiger partial charge in [0.05, 0.1) is 12.1 Å². The van der Waals surface area contributed by atoms with E-state index in [1.807, 2.05) is 27.7 Å². The maximum absolute atomic E-state index is 12.9. The summed E-state index contributed by atoms with van der Waals surface area (Å²) < 4.78 is 5.66. The van der Waals surface area contributed by atoms with Gasteiger partial charge in [0.15, 0.2) is 0 Å². The van der Waals surface area contributed by atoms with E-state index in [0.29, 0.717) is 13.0 Å². The van der Waals surface area contributed by atoms with E-state index >= 15 is 0 Å². The van der Waals surface area contributed by atoms with Gasteiger partial charge in [-0.25, -0.2) is 0 Å². The van der Waals surface area contributed by atoms with Gasteiger partial charge in [0.2, 0.25) is 11.8 Å². The molecular formula is C16H28N2O3. The van der Waals surface area contributed by atoms with Crippen LogP contribution in [0.5, 0.6) is 0 Å². The number of ether oxygens (including phenoxy) is 1. The fourth-order valence-corrected chi connectivity index (χ4v) is 3.36. The maximum Gasteiger partial charge on any atom is 0.248 e. The summed E-state index contributed by atoms with van der Waals surface area (Å²) in [4.78, 5) is 27.2. The summed E-state index contributed by atoms with van der Waals surface area (Å²) in [5.41, 5.74) is -1.05. The highest BCUT2D eigenvalue weighted by Crippen LogP contribution is 2.38. The zero-order valence-electron chi connectivity index (χ0n) is 13.9. The number of nitrogens with zero attached hydrogens (tertiary/aromatic N) is 1. The lowest BCUT2D eigenvalue weighted by Gasteiger charge is -2.51. The predicted octanol–water partition coefficient (Wildman–Crippen LogP) is 1.71. The van der Waals surface area contributed by atoms with E-state index in [-0.39, 0.29) is 23.3 Å². The number of amides is 2. The molecule has 0 aromatic heterocycles. The van der Waals surface area contributed by atoms with E-state index in [9.17, 15) is 9.59 Å². The van der Waals surface area contributed by atoms with Crippen molar-refractivity contribution in [3.63, 3.8) is 0 Å². The Hall–Kier alpha value is -1.10. The Bertz CT molecular complexity index is 426. The first-order valence-corrected chi connectivity index (χ1v) is 7.97. The molecule has 2 rings (SSSR count). The van der Waals surface area contributed by atoms with Crippen LogP contribution in [0.3, 0.4) is 0 Å². The average molecular weight is 296 g/mol. The molecule has 1 saturated heterocycles. The number of hydrogen-bond acceptors (Lipinski definition) is 3. The Morgan fingerprint density at radius 3 is 2.38 bits per heavy atom. The van der Waals surface area contributed by atoms with Crippen molar-refractivity contribution < 1.29 is 14.3 Å². The number of nitrogens with one attached hydrogen (secondary N) is 1. The number of hydrogen-bond donors (Lipinski definition) is 1. The van der Waals surface area contributed by atoms with Crippen molar-refractivity contribution in [3.05, 3.63) is 0 Å². The second kappa shape index (κ2) is 5.59. The molecule has 0 radical (unpaired) electrons. The van der Waals surface area contributed by atoms with Crippen LogP contribution < -0.4 is 5.32 Å². The highest BCUT2D eigenvalue weighted by molar-refractivity contribution is 5.99. The van der Waals surface area contributed by atoms with Crippen LogP contribution in [0.4, 0.5) is 0 Å². The Balaban J connectivity index is 2.30. The van der Waals surface area contributed by atoms with Gasteiger partial charge in [-0.1, -0.05) is 20.8 Å². The number of carbonyl (C=O) groups is 2. The van der Waals surface area contributed by atoms with Crippen LogP contribution in [-0.4, -0.2) is 47.6 Å². The third-order valence-corrected chi connectivity index (χ3v) is 5.23. The van der Waals surface area contributed by atoms with Gasteiger partial charge in [-0.2, -0.15) is 0 Å². The molecule has 0 bridgehead atoms. The van der Waals surface area contributed by atoms with E-state index in [4.69, 9.17) is 4.74 Å². The molecule has 2 unspecified atom stereocenters. The summed E-state index contributed by atoms with van der Waals surface area (Å²) in [5, 5.41) is 2.92. The molecule has 2 aliphatic rings. The summed E-state index contributed by atoms with van der Waals surface area (Å²) in [6.45, 7) is 8.24. The molecule has 1 heterocycles. The Labute approximate surface area is 127 Å². The molecule has 1 saturated carbocycles. The molecule has 1 aliphatic heterocycles. The first-order chi connectivity index (χ1) is 9.78. The first kappa shape index (κ1) is 16.3. The minimum Gasteiger partial charge on any atom is -0.376 e. The van der Waals surface area contributed by atoms with Crippen LogP contribution in [0.15, 0.2) is 0 Å². The topological polar surface area (TPSA) is 58.6 Å². The fraction of sp³-hybridized carbons (Fsp3) is 0.875. The Morgan fingerprint density at radius 2 is 2.00 bits per heavy atom. The van der Waals surface area contributed by atoms with E-state index in [1.165, 1.54) is 0 Å². The van der Waals surface area contributed by atoms with Gasteiger partial charge in [-0.3, -0.25) is 9.59 Å². The third kappa shape index (κ3) is 2.68. The van der Waals surface area contributed by atoms with Crippen molar-refractivity contribution in [2.75, 3.05) is 13.7 Å². The van der Waals surface area contributed by atoms with Crippen LogP contribution in [0.2, 0.25) is 0 Å². The molecule has 1 N–H and O–H groups in total. The second-order valence-electron chi connectivity index (χ2n) is 7.04. The third-order valence-electron chi connectivity index (χ3n) is 5.23. The van der Waals surface area contributed by atoms with Crippen molar-refractivity contribution in [1.29, 1.82) is 0 Å². The highest BCUT2D eigenvalue weighted by Gasteiger charge is 2.51. The summed E-state index contributed by atoms with van der Waals surface area (Å²) in [6, 6.07) is -0.398. The lowest BCUT2D eigenvalue weighted by molar-refractivity contribution is -0.166. The minimum atomic E-state index is -0.791. The number of rotatable bonds is 5. The van der Waals surface area contributed by atoms with Gasteiger partial charge in [-0.05, 0) is 38.5 Å². The highest BCUT2D eigenvalue weighted by atomic mass is 16.5. The van der Waals surface area contributed by atoms with Crippen molar-refractivity contribution in [1.82, 2.24) is 10.2 Å². The standard InChI is InChI=1S/C16H28N2O3/c1-6-15(4)14(20)18(10-16(21-5)8-7-9-16)12(11(2)3)13(19)17-15/h11-12H,6-10H2,1-5H3,(H,17,19). The van der Waals surface area contributed by atoms with Crippen LogP contribution in [0.1, 0.15) is 53.4 Å². The lowest BCUT2D eigenvalue weighted by Crippen LogP contribution is -2.72. The molecule has 0 aromatic rings. The molecule has 0 spiro atoms. The zero-order chi connectivity index (χ0) is 15.8. The minimum absolute atomic E-state index is 0.0200. The molecule has 2 atom stereocenters. The molecule has 2 fully saturated rings. The summed E-state index contributed by atoms with van der Waals surface area (Å²) in [6.07, 6.45) is 3.64. The molecule has 1 aliphatic carbocycles. The fourth-order valence-electron chi connectivity index (χ4n) is 3.36. The Morgan fingerprint density at radius 1 is 1.38 bits per heavy atom. The Kier molecular flexibility index (Phi) is 4.34. The van der Waals surface area contributed by atoms with Crippen LogP contribution >= 0.6 is 0 Å². The van der Waals surface area contributed by atoms with Gasteiger partial charge in [0.1, 0.15) is 11.6 Å². The molecule has 0 aromatic carbocycles. The molecule has 21 heavy (non-hydrogen) atoms. The number of carbonyl (C=O) groups excluding carboxylic acids is 2. The zero-order valence-corrected chi connectivity index (χ0v) is 13.9. The van der Waals surface area contributed by atoms with Crippen LogP contribution in [0, 0.1) is 5.92 Å². The largest absolute Gasteiger partial charge is 0.376 e. The quantitative estimate of drug-likeness (QED) is 0.840. The smallest absolute Gasteiger partial charge is 0.248 e. The van der Waals surface area contributed by atoms with E-state index < -0.39 is 11.6 Å². The maximum atomic E-state index is 12.9. The molecule has 5 nitrogen and oxygen atoms in total. The summed E-state index contributed by atoms with van der Waals surface area (Å²) in [7, 11) is 1.71. The van der Waals surface area contributed by atoms with Crippen molar-refractivity contribution in [2.24, 2.45) is 5.92 Å². The molecule has 5 heteroatoms. The van der Waals surface area contributed by atoms with Gasteiger partial charge in [-0.15, -0.1) is 0 Å². The van der Waals surface area contributed by atoms with Gasteiger partial charge >= 0.3 is 0 Å². The first-order valence-electron chi connectivity index (χ1n) is 7.97.